The molecule has 1 aliphatic rings. The maximum Gasteiger partial charge on any atom is 0.497 e. The molecule has 0 aromatic heterocycles. The molecule has 1 rings (SSSR count). The van der Waals surface area contributed by atoms with Gasteiger partial charge in [0.1, 0.15) is 0 Å². The van der Waals surface area contributed by atoms with Crippen molar-refractivity contribution in [1.29, 1.82) is 0 Å². The van der Waals surface area contributed by atoms with Gasteiger partial charge in [0.25, 0.3) is 0 Å². The molecule has 23 heteroatoms. The maximum absolute atomic E-state index is 11.6. The van der Waals surface area contributed by atoms with Crippen molar-refractivity contribution in [2.75, 3.05) is 26.2 Å². The summed E-state index contributed by atoms with van der Waals surface area (Å²) in [6, 6.07) is 0. The number of phosphoric acid groups is 5. The molecule has 0 aromatic rings. The highest BCUT2D eigenvalue weighted by atomic mass is 31.3. The Morgan fingerprint density at radius 2 is 1.00 bits per heavy atom. The van der Waals surface area contributed by atoms with Crippen molar-refractivity contribution in [2.45, 2.75) is 0 Å². The monoisotopic (exact) mass is 502 g/mol. The van der Waals surface area contributed by atoms with Gasteiger partial charge in [0.15, 0.2) is 0 Å². The number of hydrogen-bond acceptors (Lipinski definition) is 12. The second-order valence-electron chi connectivity index (χ2n) is 4.45. The Bertz CT molecular complexity index is 754. The van der Waals surface area contributed by atoms with Crippen molar-refractivity contribution in [1.82, 2.24) is 10.4 Å². The molecule has 0 amide bonds. The third-order valence-corrected chi connectivity index (χ3v) is 9.19. The Morgan fingerprint density at radius 3 is 1.41 bits per heavy atom. The topological polar surface area (TPSA) is 268 Å². The molecule has 0 saturated carbocycles. The molecule has 27 heavy (non-hydrogen) atoms. The molecular weight excluding hydrogens is 487 g/mol. The summed E-state index contributed by atoms with van der Waals surface area (Å²) in [5.41, 5.74) is 0. The van der Waals surface area contributed by atoms with Gasteiger partial charge in [-0.3, -0.25) is 0 Å². The van der Waals surface area contributed by atoms with E-state index in [2.05, 4.69) is 27.2 Å². The molecule has 1 aliphatic heterocycles. The van der Waals surface area contributed by atoms with Gasteiger partial charge in [-0.2, -0.15) is 26.9 Å². The fraction of sp³-hybridized carbons (Fsp3) is 1.00. The Labute approximate surface area is 150 Å². The quantitative estimate of drug-likeness (QED) is 0.183. The van der Waals surface area contributed by atoms with E-state index in [9.17, 15) is 32.6 Å². The number of nitrogens with zero attached hydrogens (tertiary/aromatic N) is 1. The fourth-order valence-electron chi connectivity index (χ4n) is 1.46. The lowest BCUT2D eigenvalue weighted by Crippen LogP contribution is -2.42. The van der Waals surface area contributed by atoms with E-state index in [0.29, 0.717) is 13.1 Å². The largest absolute Gasteiger partial charge is 0.497 e. The zero-order valence-corrected chi connectivity index (χ0v) is 17.2. The summed E-state index contributed by atoms with van der Waals surface area (Å²) in [6.07, 6.45) is 0. The standard InChI is InChI=1S/C4H15N2O16P5/c7-23(8,9)19-25(12,13)21-27(16,17)22-26(14,15)20-24(10,11)18-6-3-1-5-2-4-6/h5H,1-4H2,(H,10,11)(H,12,13)(H,14,15)(H,16,17)(H2,7,8,9). The van der Waals surface area contributed by atoms with Crippen LogP contribution in [-0.2, 0) is 44.7 Å². The first kappa shape index (κ1) is 25.7. The van der Waals surface area contributed by atoms with Crippen LogP contribution in [-0.4, -0.2) is 60.6 Å². The third-order valence-electron chi connectivity index (χ3n) is 2.12. The smallest absolute Gasteiger partial charge is 0.314 e. The number of hydrogen-bond donors (Lipinski definition) is 7. The molecule has 1 saturated heterocycles. The summed E-state index contributed by atoms with van der Waals surface area (Å²) in [6.45, 7) is 0.801. The van der Waals surface area contributed by atoms with Gasteiger partial charge in [-0.25, -0.2) is 22.8 Å². The Balaban J connectivity index is 2.74. The van der Waals surface area contributed by atoms with Gasteiger partial charge in [0, 0.05) is 26.2 Å². The summed E-state index contributed by atoms with van der Waals surface area (Å²) in [5.74, 6) is 0. The average molecular weight is 502 g/mol. The molecule has 4 atom stereocenters. The van der Waals surface area contributed by atoms with Gasteiger partial charge in [-0.15, -0.1) is 0 Å². The molecule has 7 N–H and O–H groups in total. The van der Waals surface area contributed by atoms with E-state index < -0.39 is 39.1 Å². The van der Waals surface area contributed by atoms with Crippen LogP contribution >= 0.6 is 39.1 Å². The summed E-state index contributed by atoms with van der Waals surface area (Å²) in [7, 11) is -29.0. The average Bonchev–Trinajstić information content (AvgIpc) is 2.30. The lowest BCUT2D eigenvalue weighted by molar-refractivity contribution is -0.0870. The third kappa shape index (κ3) is 11.4. The van der Waals surface area contributed by atoms with Crippen molar-refractivity contribution >= 4 is 39.1 Å². The minimum atomic E-state index is -6.08. The van der Waals surface area contributed by atoms with Crippen LogP contribution in [0.15, 0.2) is 0 Å². The van der Waals surface area contributed by atoms with Gasteiger partial charge in [-0.1, -0.05) is 0 Å². The zero-order chi connectivity index (χ0) is 21.1. The number of nitrogens with one attached hydrogen (secondary N) is 1. The van der Waals surface area contributed by atoms with E-state index in [-0.39, 0.29) is 13.1 Å². The van der Waals surface area contributed by atoms with Crippen LogP contribution in [0.4, 0.5) is 0 Å². The van der Waals surface area contributed by atoms with E-state index in [0.717, 1.165) is 5.06 Å². The fourth-order valence-corrected chi connectivity index (χ4v) is 7.40. The Kier molecular flexibility index (Phi) is 8.74. The number of hydroxylamine groups is 2. The summed E-state index contributed by atoms with van der Waals surface area (Å²) in [5, 5.41) is 3.73. The first-order valence-electron chi connectivity index (χ1n) is 6.28. The molecule has 0 radical (unpaired) electrons. The van der Waals surface area contributed by atoms with Gasteiger partial charge in [0.2, 0.25) is 0 Å². The second-order valence-corrected chi connectivity index (χ2v) is 12.0. The molecule has 0 spiro atoms. The van der Waals surface area contributed by atoms with E-state index in [1.54, 1.807) is 0 Å². The minimum absolute atomic E-state index is 0.0690. The van der Waals surface area contributed by atoms with Crippen LogP contribution in [0.1, 0.15) is 0 Å². The van der Waals surface area contributed by atoms with Crippen LogP contribution in [0.5, 0.6) is 0 Å². The number of rotatable bonds is 10. The van der Waals surface area contributed by atoms with Gasteiger partial charge in [0.05, 0.1) is 0 Å². The highest BCUT2D eigenvalue weighted by Gasteiger charge is 2.47. The highest BCUT2D eigenvalue weighted by Crippen LogP contribution is 2.73. The molecule has 1 fully saturated rings. The molecule has 0 bridgehead atoms. The van der Waals surface area contributed by atoms with Crippen LogP contribution in [0, 0.1) is 0 Å². The summed E-state index contributed by atoms with van der Waals surface area (Å²) >= 11 is 0. The van der Waals surface area contributed by atoms with E-state index in [1.165, 1.54) is 0 Å². The van der Waals surface area contributed by atoms with Crippen LogP contribution in [0.25, 0.3) is 0 Å². The van der Waals surface area contributed by atoms with Crippen molar-refractivity contribution < 1.29 is 74.1 Å². The first-order chi connectivity index (χ1) is 11.9. The SMILES string of the molecule is O=P(O)(O)OP(=O)(O)OP(=O)(O)OP(=O)(O)OP(=O)(O)ON1CCNCC1. The predicted molar refractivity (Wildman–Crippen MR) is 81.2 cm³/mol. The van der Waals surface area contributed by atoms with Crippen molar-refractivity contribution in [2.24, 2.45) is 0 Å². The lowest BCUT2D eigenvalue weighted by atomic mass is 10.4. The molecule has 0 aromatic carbocycles. The molecule has 4 unspecified atom stereocenters. The molecule has 1 heterocycles. The van der Waals surface area contributed by atoms with Crippen molar-refractivity contribution in [3.8, 4) is 0 Å². The predicted octanol–water partition coefficient (Wildman–Crippen LogP) is -0.616. The molecule has 0 aliphatic carbocycles. The number of piperazine rings is 1. The van der Waals surface area contributed by atoms with Crippen LogP contribution in [0.2, 0.25) is 0 Å². The Hall–Kier alpha value is 0.630. The second kappa shape index (κ2) is 9.19. The van der Waals surface area contributed by atoms with Crippen molar-refractivity contribution in [3.05, 3.63) is 0 Å². The van der Waals surface area contributed by atoms with Gasteiger partial charge in [-0.05, 0) is 0 Å². The van der Waals surface area contributed by atoms with E-state index >= 15 is 0 Å². The van der Waals surface area contributed by atoms with Crippen LogP contribution < -0.4 is 5.32 Å². The van der Waals surface area contributed by atoms with Crippen LogP contribution in [0.3, 0.4) is 0 Å². The minimum Gasteiger partial charge on any atom is -0.314 e. The van der Waals surface area contributed by atoms with Crippen molar-refractivity contribution in [3.63, 3.8) is 0 Å². The Morgan fingerprint density at radius 1 is 0.630 bits per heavy atom. The summed E-state index contributed by atoms with van der Waals surface area (Å²) in [4.78, 5) is 53.3. The maximum atomic E-state index is 11.6. The lowest BCUT2D eigenvalue weighted by Gasteiger charge is -2.27. The molecule has 18 nitrogen and oxygen atoms in total. The van der Waals surface area contributed by atoms with E-state index in [1.807, 2.05) is 0 Å². The van der Waals surface area contributed by atoms with Gasteiger partial charge >= 0.3 is 39.1 Å². The van der Waals surface area contributed by atoms with Gasteiger partial charge < -0.3 is 34.7 Å². The van der Waals surface area contributed by atoms with E-state index in [4.69, 9.17) is 19.6 Å². The highest BCUT2D eigenvalue weighted by molar-refractivity contribution is 7.71. The zero-order valence-electron chi connectivity index (χ0n) is 12.8. The molecule has 162 valence electrons. The first-order valence-corrected chi connectivity index (χ1v) is 13.8. The summed E-state index contributed by atoms with van der Waals surface area (Å²) < 4.78 is 74.3. The normalized spacial score (nSPS) is 25.7. The molecular formula is C4H15N2O16P5.